The van der Waals surface area contributed by atoms with Crippen LogP contribution in [0, 0.1) is 0 Å². The van der Waals surface area contributed by atoms with E-state index >= 15 is 0 Å². The molecule has 2 aromatic rings. The number of carbonyl (C=O) groups excluding carboxylic acids is 1. The number of hydrogen-bond acceptors (Lipinski definition) is 6. The van der Waals surface area contributed by atoms with Crippen LogP contribution in [-0.2, 0) is 27.4 Å². The summed E-state index contributed by atoms with van der Waals surface area (Å²) in [7, 11) is 0. The third kappa shape index (κ3) is 6.55. The number of aliphatic carboxylic acids is 1. The van der Waals surface area contributed by atoms with Crippen molar-refractivity contribution in [3.63, 3.8) is 0 Å². The average molecular weight is 460 g/mol. The van der Waals surface area contributed by atoms with Crippen LogP contribution in [0.15, 0.2) is 40.3 Å². The highest BCUT2D eigenvalue weighted by molar-refractivity contribution is 7.09. The molecular formula is C20H23F3N2O5S. The van der Waals surface area contributed by atoms with Crippen molar-refractivity contribution in [1.82, 2.24) is 10.2 Å². The number of fused-ring (bicyclic) bond motifs is 1. The maximum atomic E-state index is 12.3. The van der Waals surface area contributed by atoms with Crippen molar-refractivity contribution in [3.05, 3.63) is 46.5 Å². The van der Waals surface area contributed by atoms with Crippen LogP contribution in [0.3, 0.4) is 0 Å². The summed E-state index contributed by atoms with van der Waals surface area (Å²) >= 11 is 1.80. The van der Waals surface area contributed by atoms with Gasteiger partial charge in [0.25, 0.3) is 0 Å². The van der Waals surface area contributed by atoms with Crippen LogP contribution in [0.2, 0.25) is 0 Å². The zero-order valence-corrected chi connectivity index (χ0v) is 17.3. The predicted molar refractivity (Wildman–Crippen MR) is 105 cm³/mol. The van der Waals surface area contributed by atoms with Gasteiger partial charge in [-0.05, 0) is 42.8 Å². The summed E-state index contributed by atoms with van der Waals surface area (Å²) in [5, 5.41) is 12.2. The first-order valence-corrected chi connectivity index (χ1v) is 10.6. The molecule has 2 fully saturated rings. The molecule has 2 saturated heterocycles. The van der Waals surface area contributed by atoms with Crippen LogP contribution >= 0.6 is 11.3 Å². The molecule has 0 saturated carbocycles. The zero-order chi connectivity index (χ0) is 22.4. The van der Waals surface area contributed by atoms with Gasteiger partial charge in [-0.1, -0.05) is 6.07 Å². The Hall–Kier alpha value is -2.37. The molecule has 4 heterocycles. The Morgan fingerprint density at radius 2 is 2.00 bits per heavy atom. The Morgan fingerprint density at radius 3 is 2.61 bits per heavy atom. The highest BCUT2D eigenvalue weighted by atomic mass is 32.1. The van der Waals surface area contributed by atoms with Crippen LogP contribution in [0.4, 0.5) is 13.2 Å². The van der Waals surface area contributed by atoms with Gasteiger partial charge >= 0.3 is 12.1 Å². The molecule has 0 unspecified atom stereocenters. The largest absolute Gasteiger partial charge is 0.490 e. The van der Waals surface area contributed by atoms with Crippen molar-refractivity contribution in [1.29, 1.82) is 0 Å². The first-order chi connectivity index (χ1) is 14.7. The number of alkyl halides is 3. The second-order valence-electron chi connectivity index (χ2n) is 7.25. The fraction of sp³-hybridized carbons (Fsp3) is 0.500. The minimum Gasteiger partial charge on any atom is -0.475 e. The number of nitrogens with zero attached hydrogens (tertiary/aromatic N) is 1. The van der Waals surface area contributed by atoms with E-state index in [0.29, 0.717) is 12.6 Å². The zero-order valence-electron chi connectivity index (χ0n) is 16.5. The van der Waals surface area contributed by atoms with Gasteiger partial charge in [0.1, 0.15) is 11.9 Å². The molecular weight excluding hydrogens is 437 g/mol. The third-order valence-corrected chi connectivity index (χ3v) is 6.01. The lowest BCUT2D eigenvalue weighted by atomic mass is 9.98. The molecule has 31 heavy (non-hydrogen) atoms. The van der Waals surface area contributed by atoms with Crippen LogP contribution < -0.4 is 5.32 Å². The molecule has 170 valence electrons. The molecule has 1 amide bonds. The molecule has 0 radical (unpaired) electrons. The van der Waals surface area contributed by atoms with E-state index in [-0.39, 0.29) is 18.1 Å². The molecule has 2 aromatic heterocycles. The van der Waals surface area contributed by atoms with Crippen molar-refractivity contribution in [2.45, 2.75) is 56.8 Å². The van der Waals surface area contributed by atoms with E-state index in [2.05, 4.69) is 27.7 Å². The molecule has 0 spiro atoms. The number of likely N-dealkylation sites (tertiary alicyclic amines) is 1. The second-order valence-corrected chi connectivity index (χ2v) is 8.28. The Morgan fingerprint density at radius 1 is 1.23 bits per heavy atom. The van der Waals surface area contributed by atoms with E-state index in [1.165, 1.54) is 4.88 Å². The molecule has 3 atom stereocenters. The number of hydrogen-bond donors (Lipinski definition) is 2. The number of rotatable bonds is 5. The first kappa shape index (κ1) is 23.3. The summed E-state index contributed by atoms with van der Waals surface area (Å²) in [5.74, 6) is -2.02. The van der Waals surface area contributed by atoms with Crippen molar-refractivity contribution in [2.24, 2.45) is 0 Å². The summed E-state index contributed by atoms with van der Waals surface area (Å²) in [6, 6.07) is 8.42. The lowest BCUT2D eigenvalue weighted by Gasteiger charge is -2.35. The molecule has 0 aromatic carbocycles. The fourth-order valence-electron chi connectivity index (χ4n) is 3.71. The minimum absolute atomic E-state index is 0.0263. The normalized spacial score (nSPS) is 23.5. The van der Waals surface area contributed by atoms with Crippen LogP contribution in [0.1, 0.15) is 29.9 Å². The van der Waals surface area contributed by atoms with Crippen LogP contribution in [-0.4, -0.2) is 52.9 Å². The number of carboxylic acids is 1. The second kappa shape index (κ2) is 10.3. The van der Waals surface area contributed by atoms with E-state index in [4.69, 9.17) is 19.1 Å². The van der Waals surface area contributed by atoms with Crippen molar-refractivity contribution in [2.75, 3.05) is 6.54 Å². The van der Waals surface area contributed by atoms with Gasteiger partial charge in [-0.25, -0.2) is 4.79 Å². The number of thiophene rings is 1. The van der Waals surface area contributed by atoms with E-state index < -0.39 is 12.1 Å². The SMILES string of the molecule is O=C(NCc1ccco1)[C@H]1CC[C@@H]2[C@@H](CCN2Cc2cccs2)O1.O=C(O)C(F)(F)F. The van der Waals surface area contributed by atoms with E-state index in [9.17, 15) is 18.0 Å². The van der Waals surface area contributed by atoms with Crippen molar-refractivity contribution in [3.8, 4) is 0 Å². The Kier molecular flexibility index (Phi) is 7.74. The van der Waals surface area contributed by atoms with Gasteiger partial charge < -0.3 is 19.6 Å². The lowest BCUT2D eigenvalue weighted by molar-refractivity contribution is -0.192. The van der Waals surface area contributed by atoms with Crippen molar-refractivity contribution < 1.29 is 37.0 Å². The molecule has 2 N–H and O–H groups in total. The summed E-state index contributed by atoms with van der Waals surface area (Å²) in [6.45, 7) is 2.47. The monoisotopic (exact) mass is 460 g/mol. The van der Waals surface area contributed by atoms with Gasteiger partial charge in [-0.2, -0.15) is 13.2 Å². The molecule has 2 aliphatic heterocycles. The minimum atomic E-state index is -5.08. The summed E-state index contributed by atoms with van der Waals surface area (Å²) < 4.78 is 43.1. The quantitative estimate of drug-likeness (QED) is 0.711. The fourth-order valence-corrected chi connectivity index (χ4v) is 4.44. The number of ether oxygens (including phenoxy) is 1. The molecule has 4 rings (SSSR count). The third-order valence-electron chi connectivity index (χ3n) is 5.15. The van der Waals surface area contributed by atoms with E-state index in [1.54, 1.807) is 17.6 Å². The summed E-state index contributed by atoms with van der Waals surface area (Å²) in [4.78, 5) is 25.1. The van der Waals surface area contributed by atoms with E-state index in [0.717, 1.165) is 38.1 Å². The molecule has 2 aliphatic rings. The molecule has 0 bridgehead atoms. The van der Waals surface area contributed by atoms with Crippen LogP contribution in [0.25, 0.3) is 0 Å². The number of halogens is 3. The van der Waals surface area contributed by atoms with Gasteiger partial charge in [0, 0.05) is 24.0 Å². The summed E-state index contributed by atoms with van der Waals surface area (Å²) in [5.41, 5.74) is 0. The van der Waals surface area contributed by atoms with Crippen LogP contribution in [0.5, 0.6) is 0 Å². The standard InChI is InChI=1S/C18H22N2O3S.C2HF3O2/c21-18(19-11-13-3-1-9-22-13)17-6-5-15-16(23-17)7-8-20(15)12-14-4-2-10-24-14;3-2(4,5)1(6)7/h1-4,9-10,15-17H,5-8,11-12H2,(H,19,21);(H,6,7)/t15-,16-,17-;/m1./s1. The molecule has 11 heteroatoms. The Bertz CT molecular complexity index is 842. The van der Waals surface area contributed by atoms with Gasteiger partial charge in [0.05, 0.1) is 18.9 Å². The maximum absolute atomic E-state index is 12.3. The van der Waals surface area contributed by atoms with Gasteiger partial charge in [-0.15, -0.1) is 11.3 Å². The number of nitrogens with one attached hydrogen (secondary N) is 1. The number of carbonyl (C=O) groups is 2. The Balaban J connectivity index is 0.000000339. The molecule has 0 aliphatic carbocycles. The maximum Gasteiger partial charge on any atom is 0.490 e. The topological polar surface area (TPSA) is 92.0 Å². The van der Waals surface area contributed by atoms with Gasteiger partial charge in [0.15, 0.2) is 0 Å². The van der Waals surface area contributed by atoms with Gasteiger partial charge in [-0.3, -0.25) is 9.69 Å². The smallest absolute Gasteiger partial charge is 0.475 e. The number of furan rings is 1. The summed E-state index contributed by atoms with van der Waals surface area (Å²) in [6.07, 6.45) is -0.802. The Labute approximate surface area is 180 Å². The van der Waals surface area contributed by atoms with Crippen molar-refractivity contribution >= 4 is 23.2 Å². The average Bonchev–Trinajstić information content (AvgIpc) is 3.49. The predicted octanol–water partition coefficient (Wildman–Crippen LogP) is 3.41. The first-order valence-electron chi connectivity index (χ1n) is 9.76. The number of amides is 1. The highest BCUT2D eigenvalue weighted by Crippen LogP contribution is 2.33. The highest BCUT2D eigenvalue weighted by Gasteiger charge is 2.41. The number of carboxylic acid groups (broad SMARTS) is 1. The van der Waals surface area contributed by atoms with E-state index in [1.807, 2.05) is 12.1 Å². The molecule has 7 nitrogen and oxygen atoms in total. The lowest BCUT2D eigenvalue weighted by Crippen LogP contribution is -2.47. The van der Waals surface area contributed by atoms with Gasteiger partial charge in [0.2, 0.25) is 5.91 Å².